The van der Waals surface area contributed by atoms with Crippen LogP contribution in [-0.4, -0.2) is 32.1 Å². The smallest absolute Gasteiger partial charge is 0.159 e. The molecule has 1 heterocycles. The number of anilines is 1. The topological polar surface area (TPSA) is 29.5 Å². The van der Waals surface area contributed by atoms with Gasteiger partial charge in [-0.25, -0.2) is 0 Å². The van der Waals surface area contributed by atoms with Gasteiger partial charge in [0.15, 0.2) is 5.78 Å². The molecule has 1 aliphatic heterocycles. The summed E-state index contributed by atoms with van der Waals surface area (Å²) in [4.78, 5) is 13.3. The van der Waals surface area contributed by atoms with Crippen molar-refractivity contribution < 1.29 is 9.53 Å². The third-order valence-electron chi connectivity index (χ3n) is 2.85. The minimum Gasteiger partial charge on any atom is -0.377 e. The molecule has 1 aromatic rings. The first kappa shape index (κ1) is 10.2. The molecule has 0 atom stereocenters. The zero-order valence-electron chi connectivity index (χ0n) is 9.06. The van der Waals surface area contributed by atoms with Gasteiger partial charge in [0.25, 0.3) is 0 Å². The van der Waals surface area contributed by atoms with E-state index in [0.717, 1.165) is 24.5 Å². The van der Waals surface area contributed by atoms with E-state index in [4.69, 9.17) is 4.74 Å². The van der Waals surface area contributed by atoms with Crippen LogP contribution in [0.1, 0.15) is 17.3 Å². The fourth-order valence-corrected chi connectivity index (χ4v) is 1.59. The highest BCUT2D eigenvalue weighted by Gasteiger charge is 2.23. The van der Waals surface area contributed by atoms with E-state index in [0.29, 0.717) is 6.04 Å². The molecule has 0 amide bonds. The fraction of sp³-hybridized carbons (Fsp3) is 0.417. The van der Waals surface area contributed by atoms with Crippen LogP contribution in [-0.2, 0) is 4.74 Å². The van der Waals surface area contributed by atoms with Crippen molar-refractivity contribution >= 4 is 11.5 Å². The minimum atomic E-state index is 0.108. The van der Waals surface area contributed by atoms with Gasteiger partial charge < -0.3 is 9.64 Å². The molecule has 1 aliphatic rings. The van der Waals surface area contributed by atoms with Crippen molar-refractivity contribution in [1.29, 1.82) is 0 Å². The van der Waals surface area contributed by atoms with E-state index < -0.39 is 0 Å². The molecule has 15 heavy (non-hydrogen) atoms. The molecule has 0 bridgehead atoms. The van der Waals surface area contributed by atoms with Gasteiger partial charge in [0.1, 0.15) is 0 Å². The molecule has 1 aromatic carbocycles. The van der Waals surface area contributed by atoms with Crippen molar-refractivity contribution in [2.75, 3.05) is 25.2 Å². The SMILES string of the molecule is CC(=O)c1ccc(N(C)C2COC2)cc1. The number of nitrogens with zero attached hydrogens (tertiary/aromatic N) is 1. The lowest BCUT2D eigenvalue weighted by Gasteiger charge is -2.36. The van der Waals surface area contributed by atoms with Crippen molar-refractivity contribution in [2.45, 2.75) is 13.0 Å². The van der Waals surface area contributed by atoms with Gasteiger partial charge in [0.2, 0.25) is 0 Å². The zero-order chi connectivity index (χ0) is 10.8. The number of hydrogen-bond acceptors (Lipinski definition) is 3. The number of Topliss-reactive ketones (excluding diaryl/α,β-unsaturated/α-hetero) is 1. The average molecular weight is 205 g/mol. The van der Waals surface area contributed by atoms with E-state index in [1.54, 1.807) is 6.92 Å². The van der Waals surface area contributed by atoms with Crippen molar-refractivity contribution in [3.63, 3.8) is 0 Å². The van der Waals surface area contributed by atoms with Gasteiger partial charge in [-0.3, -0.25) is 4.79 Å². The summed E-state index contributed by atoms with van der Waals surface area (Å²) in [6, 6.07) is 8.18. The van der Waals surface area contributed by atoms with E-state index in [2.05, 4.69) is 11.9 Å². The Morgan fingerprint density at radius 2 is 1.93 bits per heavy atom. The van der Waals surface area contributed by atoms with Crippen molar-refractivity contribution in [2.24, 2.45) is 0 Å². The van der Waals surface area contributed by atoms with Crippen LogP contribution in [0.3, 0.4) is 0 Å². The summed E-state index contributed by atoms with van der Waals surface area (Å²) in [5, 5.41) is 0. The second-order valence-corrected chi connectivity index (χ2v) is 3.91. The third-order valence-corrected chi connectivity index (χ3v) is 2.85. The first-order chi connectivity index (χ1) is 7.18. The summed E-state index contributed by atoms with van der Waals surface area (Å²) in [5.74, 6) is 0.108. The Balaban J connectivity index is 2.11. The summed E-state index contributed by atoms with van der Waals surface area (Å²) in [6.07, 6.45) is 0. The number of carbonyl (C=O) groups excluding carboxylic acids is 1. The van der Waals surface area contributed by atoms with Gasteiger partial charge in [0, 0.05) is 18.3 Å². The summed E-state index contributed by atoms with van der Waals surface area (Å²) in [7, 11) is 2.05. The number of hydrogen-bond donors (Lipinski definition) is 0. The second-order valence-electron chi connectivity index (χ2n) is 3.91. The molecule has 1 fully saturated rings. The number of ether oxygens (including phenoxy) is 1. The predicted octanol–water partition coefficient (Wildman–Crippen LogP) is 1.72. The average Bonchev–Trinajstić information content (AvgIpc) is 2.15. The Bertz CT molecular complexity index is 354. The van der Waals surface area contributed by atoms with Crippen LogP contribution in [0.2, 0.25) is 0 Å². The molecule has 0 aromatic heterocycles. The number of likely N-dealkylation sites (N-methyl/N-ethyl adjacent to an activating group) is 1. The molecule has 0 N–H and O–H groups in total. The highest BCUT2D eigenvalue weighted by atomic mass is 16.5. The molecule has 3 heteroatoms. The van der Waals surface area contributed by atoms with Gasteiger partial charge >= 0.3 is 0 Å². The summed E-state index contributed by atoms with van der Waals surface area (Å²) >= 11 is 0. The standard InChI is InChI=1S/C12H15NO2/c1-9(14)10-3-5-11(6-4-10)13(2)12-7-15-8-12/h3-6,12H,7-8H2,1-2H3. The Morgan fingerprint density at radius 3 is 2.33 bits per heavy atom. The molecule has 2 rings (SSSR count). The number of rotatable bonds is 3. The molecule has 3 nitrogen and oxygen atoms in total. The Labute approximate surface area is 89.7 Å². The predicted molar refractivity (Wildman–Crippen MR) is 59.5 cm³/mol. The lowest BCUT2D eigenvalue weighted by Crippen LogP contribution is -2.47. The maximum Gasteiger partial charge on any atom is 0.159 e. The first-order valence-corrected chi connectivity index (χ1v) is 5.10. The maximum absolute atomic E-state index is 11.1. The van der Waals surface area contributed by atoms with Gasteiger partial charge in [-0.2, -0.15) is 0 Å². The van der Waals surface area contributed by atoms with Crippen LogP contribution >= 0.6 is 0 Å². The molecular formula is C12H15NO2. The van der Waals surface area contributed by atoms with Crippen molar-refractivity contribution in [1.82, 2.24) is 0 Å². The van der Waals surface area contributed by atoms with E-state index in [9.17, 15) is 4.79 Å². The quantitative estimate of drug-likeness (QED) is 0.704. The lowest BCUT2D eigenvalue weighted by atomic mass is 10.1. The van der Waals surface area contributed by atoms with Crippen LogP contribution in [0, 0.1) is 0 Å². The van der Waals surface area contributed by atoms with E-state index in [1.807, 2.05) is 24.3 Å². The first-order valence-electron chi connectivity index (χ1n) is 5.10. The maximum atomic E-state index is 11.1. The monoisotopic (exact) mass is 205 g/mol. The summed E-state index contributed by atoms with van der Waals surface area (Å²) in [6.45, 7) is 3.18. The molecular weight excluding hydrogens is 190 g/mol. The largest absolute Gasteiger partial charge is 0.377 e. The Kier molecular flexibility index (Phi) is 2.73. The molecule has 1 saturated heterocycles. The molecule has 0 unspecified atom stereocenters. The van der Waals surface area contributed by atoms with Crippen molar-refractivity contribution in [3.05, 3.63) is 29.8 Å². The number of ketones is 1. The van der Waals surface area contributed by atoms with Crippen LogP contribution in [0.15, 0.2) is 24.3 Å². The molecule has 80 valence electrons. The zero-order valence-corrected chi connectivity index (χ0v) is 9.06. The van der Waals surface area contributed by atoms with Crippen LogP contribution in [0.5, 0.6) is 0 Å². The van der Waals surface area contributed by atoms with Gasteiger partial charge in [0.05, 0.1) is 19.3 Å². The molecule has 0 spiro atoms. The Morgan fingerprint density at radius 1 is 1.33 bits per heavy atom. The summed E-state index contributed by atoms with van der Waals surface area (Å²) < 4.78 is 5.14. The van der Waals surface area contributed by atoms with Crippen LogP contribution in [0.25, 0.3) is 0 Å². The summed E-state index contributed by atoms with van der Waals surface area (Å²) in [5.41, 5.74) is 1.89. The fourth-order valence-electron chi connectivity index (χ4n) is 1.59. The van der Waals surface area contributed by atoms with Gasteiger partial charge in [-0.05, 0) is 31.2 Å². The third kappa shape index (κ3) is 2.02. The van der Waals surface area contributed by atoms with E-state index in [1.165, 1.54) is 0 Å². The minimum absolute atomic E-state index is 0.108. The molecule has 0 radical (unpaired) electrons. The second kappa shape index (κ2) is 4.03. The van der Waals surface area contributed by atoms with E-state index >= 15 is 0 Å². The number of benzene rings is 1. The molecule has 0 saturated carbocycles. The normalized spacial score (nSPS) is 15.9. The lowest BCUT2D eigenvalue weighted by molar-refractivity contribution is 0.0101. The van der Waals surface area contributed by atoms with Crippen LogP contribution < -0.4 is 4.90 Å². The highest BCUT2D eigenvalue weighted by molar-refractivity contribution is 5.94. The number of carbonyl (C=O) groups is 1. The molecule has 0 aliphatic carbocycles. The highest BCUT2D eigenvalue weighted by Crippen LogP contribution is 2.19. The van der Waals surface area contributed by atoms with Crippen LogP contribution in [0.4, 0.5) is 5.69 Å². The van der Waals surface area contributed by atoms with Gasteiger partial charge in [-0.1, -0.05) is 0 Å². The Hall–Kier alpha value is -1.35. The van der Waals surface area contributed by atoms with E-state index in [-0.39, 0.29) is 5.78 Å². The van der Waals surface area contributed by atoms with Gasteiger partial charge in [-0.15, -0.1) is 0 Å². The van der Waals surface area contributed by atoms with Crippen molar-refractivity contribution in [3.8, 4) is 0 Å².